The second-order valence-corrected chi connectivity index (χ2v) is 19.4. The van der Waals surface area contributed by atoms with Crippen LogP contribution in [0.1, 0.15) is 213 Å². The summed E-state index contributed by atoms with van der Waals surface area (Å²) in [7, 11) is 0. The maximum absolute atomic E-state index is 13.2. The summed E-state index contributed by atoms with van der Waals surface area (Å²) in [6.45, 7) is 2.78. The van der Waals surface area contributed by atoms with Crippen LogP contribution in [0, 0.1) is 0 Å². The Morgan fingerprint density at radius 1 is 0.522 bits per heavy atom. The number of rotatable bonds is 42. The molecule has 2 saturated heterocycles. The highest BCUT2D eigenvalue weighted by Crippen LogP contribution is 2.30. The molecular weight excluding hydrogens is 859 g/mol. The van der Waals surface area contributed by atoms with Crippen LogP contribution < -0.4 is 5.32 Å². The summed E-state index contributed by atoms with van der Waals surface area (Å²) in [6.07, 6.45) is 27.9. The van der Waals surface area contributed by atoms with Gasteiger partial charge < -0.3 is 65.1 Å². The van der Waals surface area contributed by atoms with Crippen molar-refractivity contribution in [1.29, 1.82) is 0 Å². The molecule has 0 saturated carbocycles. The first-order valence-electron chi connectivity index (χ1n) is 27.1. The second-order valence-electron chi connectivity index (χ2n) is 19.4. The normalized spacial score (nSPS) is 26.7. The summed E-state index contributed by atoms with van der Waals surface area (Å²) < 4.78 is 22.7. The molecule has 0 aromatic heterocycles. The van der Waals surface area contributed by atoms with Gasteiger partial charge in [-0.2, -0.15) is 0 Å². The molecule has 14 heteroatoms. The van der Waals surface area contributed by atoms with Gasteiger partial charge in [-0.15, -0.1) is 0 Å². The standard InChI is InChI=1S/C53H99NO13/c1-3-5-7-9-11-13-15-17-18-19-20-21-22-23-25-26-28-30-32-34-36-42(57)41(54-45(58)37-35-33-31-29-27-24-16-14-12-10-8-6-4-2)40-64-52-50(63)48(61)51(44(39-56)66-52)67-53-49(62)47(60)46(59)43(38-55)65-53/h26,28,34,36,41-44,46-53,55-57,59-63H,3-25,27,29-33,35,37-40H2,1-2H3,(H,54,58)/b28-26+,36-34+. The van der Waals surface area contributed by atoms with Crippen molar-refractivity contribution in [2.45, 2.75) is 286 Å². The van der Waals surface area contributed by atoms with Crippen molar-refractivity contribution in [2.75, 3.05) is 19.8 Å². The molecule has 0 aromatic carbocycles. The van der Waals surface area contributed by atoms with Crippen molar-refractivity contribution in [1.82, 2.24) is 5.32 Å². The average Bonchev–Trinajstić information content (AvgIpc) is 3.32. The molecule has 2 heterocycles. The highest BCUT2D eigenvalue weighted by atomic mass is 16.7. The molecule has 2 aliphatic rings. The third-order valence-electron chi connectivity index (χ3n) is 13.4. The quantitative estimate of drug-likeness (QED) is 0.0211. The third kappa shape index (κ3) is 27.0. The summed E-state index contributed by atoms with van der Waals surface area (Å²) in [5, 5.41) is 86.8. The van der Waals surface area contributed by atoms with Crippen LogP contribution in [0.4, 0.5) is 0 Å². The molecule has 0 aliphatic carbocycles. The molecular formula is C53H99NO13. The number of amides is 1. The largest absolute Gasteiger partial charge is 0.394 e. The van der Waals surface area contributed by atoms with Gasteiger partial charge in [0.2, 0.25) is 5.91 Å². The molecule has 0 bridgehead atoms. The number of nitrogens with one attached hydrogen (secondary N) is 1. The van der Waals surface area contributed by atoms with Gasteiger partial charge in [0.05, 0.1) is 32.0 Å². The molecule has 67 heavy (non-hydrogen) atoms. The molecule has 1 amide bonds. The Morgan fingerprint density at radius 3 is 1.46 bits per heavy atom. The van der Waals surface area contributed by atoms with Crippen LogP contribution in [-0.2, 0) is 23.7 Å². The fourth-order valence-electron chi connectivity index (χ4n) is 8.95. The highest BCUT2D eigenvalue weighted by Gasteiger charge is 2.51. The minimum atomic E-state index is -1.79. The van der Waals surface area contributed by atoms with Crippen molar-refractivity contribution in [3.05, 3.63) is 24.3 Å². The number of hydrogen-bond acceptors (Lipinski definition) is 13. The Balaban J connectivity index is 1.83. The van der Waals surface area contributed by atoms with Gasteiger partial charge >= 0.3 is 0 Å². The summed E-state index contributed by atoms with van der Waals surface area (Å²) >= 11 is 0. The highest BCUT2D eigenvalue weighted by molar-refractivity contribution is 5.76. The molecule has 12 unspecified atom stereocenters. The summed E-state index contributed by atoms with van der Waals surface area (Å²) in [4.78, 5) is 13.2. The Kier molecular flexibility index (Phi) is 36.9. The number of ether oxygens (including phenoxy) is 4. The molecule has 394 valence electrons. The van der Waals surface area contributed by atoms with E-state index in [4.69, 9.17) is 18.9 Å². The zero-order chi connectivity index (χ0) is 48.9. The minimum Gasteiger partial charge on any atom is -0.394 e. The smallest absolute Gasteiger partial charge is 0.220 e. The van der Waals surface area contributed by atoms with Crippen LogP contribution in [0.2, 0.25) is 0 Å². The van der Waals surface area contributed by atoms with Crippen molar-refractivity contribution in [2.24, 2.45) is 0 Å². The lowest BCUT2D eigenvalue weighted by molar-refractivity contribution is -0.359. The number of carbonyl (C=O) groups excluding carboxylic acids is 1. The lowest BCUT2D eigenvalue weighted by Gasteiger charge is -2.46. The zero-order valence-electron chi connectivity index (χ0n) is 41.9. The van der Waals surface area contributed by atoms with Gasteiger partial charge in [-0.05, 0) is 32.1 Å². The molecule has 0 spiro atoms. The van der Waals surface area contributed by atoms with Gasteiger partial charge in [-0.1, -0.05) is 199 Å². The van der Waals surface area contributed by atoms with Gasteiger partial charge in [-0.25, -0.2) is 0 Å². The van der Waals surface area contributed by atoms with E-state index in [1.165, 1.54) is 148 Å². The number of carbonyl (C=O) groups is 1. The number of allylic oxidation sites excluding steroid dienone is 3. The van der Waals surface area contributed by atoms with Crippen molar-refractivity contribution in [3.63, 3.8) is 0 Å². The second kappa shape index (κ2) is 40.1. The third-order valence-corrected chi connectivity index (χ3v) is 13.4. The zero-order valence-corrected chi connectivity index (χ0v) is 41.9. The molecule has 2 rings (SSSR count). The van der Waals surface area contributed by atoms with Crippen molar-refractivity contribution < 1.29 is 64.6 Å². The van der Waals surface area contributed by atoms with E-state index in [2.05, 4.69) is 31.3 Å². The van der Waals surface area contributed by atoms with Crippen LogP contribution in [-0.4, -0.2) is 140 Å². The fourth-order valence-corrected chi connectivity index (χ4v) is 8.95. The van der Waals surface area contributed by atoms with E-state index in [-0.39, 0.29) is 18.9 Å². The van der Waals surface area contributed by atoms with Gasteiger partial charge in [0.25, 0.3) is 0 Å². The van der Waals surface area contributed by atoms with E-state index in [1.54, 1.807) is 6.08 Å². The van der Waals surface area contributed by atoms with Crippen LogP contribution >= 0.6 is 0 Å². The molecule has 14 nitrogen and oxygen atoms in total. The summed E-state index contributed by atoms with van der Waals surface area (Å²) in [5.41, 5.74) is 0. The van der Waals surface area contributed by atoms with Crippen molar-refractivity contribution >= 4 is 5.91 Å². The molecule has 9 N–H and O–H groups in total. The van der Waals surface area contributed by atoms with E-state index >= 15 is 0 Å². The molecule has 0 radical (unpaired) electrons. The number of aliphatic hydroxyl groups excluding tert-OH is 8. The van der Waals surface area contributed by atoms with Crippen LogP contribution in [0.25, 0.3) is 0 Å². The predicted octanol–water partition coefficient (Wildman–Crippen LogP) is 7.72. The maximum atomic E-state index is 13.2. The van der Waals surface area contributed by atoms with E-state index in [0.29, 0.717) is 12.8 Å². The minimum absolute atomic E-state index is 0.248. The number of hydrogen-bond donors (Lipinski definition) is 9. The monoisotopic (exact) mass is 958 g/mol. The SMILES string of the molecule is CCCCCCCCCCCCCCCC/C=C/CC/C=C/C(O)C(COC1OC(CO)C(OC2OC(CO)C(O)C(O)C2O)C(O)C1O)NC(=O)CCCCCCCCCCCCCCC. The average molecular weight is 958 g/mol. The molecule has 0 aromatic rings. The first-order valence-corrected chi connectivity index (χ1v) is 27.1. The van der Waals surface area contributed by atoms with Gasteiger partial charge in [0, 0.05) is 6.42 Å². The summed E-state index contributed by atoms with van der Waals surface area (Å²) in [5.74, 6) is -0.248. The van der Waals surface area contributed by atoms with E-state index in [1.807, 2.05) is 6.08 Å². The number of aliphatic hydroxyl groups is 8. The van der Waals surface area contributed by atoms with E-state index in [0.717, 1.165) is 32.1 Å². The number of unbranched alkanes of at least 4 members (excludes halogenated alkanes) is 27. The first-order chi connectivity index (χ1) is 32.6. The molecule has 2 fully saturated rings. The van der Waals surface area contributed by atoms with Gasteiger partial charge in [0.1, 0.15) is 48.8 Å². The lowest BCUT2D eigenvalue weighted by atomic mass is 9.97. The first kappa shape index (κ1) is 61.6. The Morgan fingerprint density at radius 2 is 0.955 bits per heavy atom. The van der Waals surface area contributed by atoms with Crippen LogP contribution in [0.3, 0.4) is 0 Å². The Bertz CT molecular complexity index is 1220. The van der Waals surface area contributed by atoms with Crippen molar-refractivity contribution in [3.8, 4) is 0 Å². The van der Waals surface area contributed by atoms with E-state index < -0.39 is 86.8 Å². The topological polar surface area (TPSA) is 228 Å². The lowest BCUT2D eigenvalue weighted by Crippen LogP contribution is -2.65. The molecule has 12 atom stereocenters. The molecule has 2 aliphatic heterocycles. The van der Waals surface area contributed by atoms with Gasteiger partial charge in [0.15, 0.2) is 12.6 Å². The van der Waals surface area contributed by atoms with Crippen LogP contribution in [0.15, 0.2) is 24.3 Å². The Hall–Kier alpha value is -1.53. The predicted molar refractivity (Wildman–Crippen MR) is 263 cm³/mol. The summed E-state index contributed by atoms with van der Waals surface area (Å²) in [6, 6.07) is -0.926. The maximum Gasteiger partial charge on any atom is 0.220 e. The van der Waals surface area contributed by atoms with E-state index in [9.17, 15) is 45.6 Å². The Labute approximate surface area is 405 Å². The van der Waals surface area contributed by atoms with Crippen LogP contribution in [0.5, 0.6) is 0 Å². The van der Waals surface area contributed by atoms with Gasteiger partial charge in [-0.3, -0.25) is 4.79 Å². The fraction of sp³-hybridized carbons (Fsp3) is 0.906.